The van der Waals surface area contributed by atoms with Gasteiger partial charge in [-0.2, -0.15) is 0 Å². The molecule has 0 saturated carbocycles. The Morgan fingerprint density at radius 2 is 2.11 bits per heavy atom. The van der Waals surface area contributed by atoms with E-state index in [9.17, 15) is 5.11 Å². The molecule has 0 aromatic heterocycles. The van der Waals surface area contributed by atoms with E-state index < -0.39 is 6.10 Å². The molecule has 1 atom stereocenters. The molecule has 1 aromatic rings. The van der Waals surface area contributed by atoms with Crippen LogP contribution in [0.15, 0.2) is 22.7 Å². The molecule has 0 saturated heterocycles. The maximum absolute atomic E-state index is 9.77. The maximum Gasteiger partial charge on any atom is 0.0945 e. The largest absolute Gasteiger partial charge is 0.389 e. The van der Waals surface area contributed by atoms with E-state index in [4.69, 9.17) is 16.3 Å². The molecule has 1 unspecified atom stereocenters. The van der Waals surface area contributed by atoms with Gasteiger partial charge in [-0.3, -0.25) is 0 Å². The molecule has 2 N–H and O–H groups in total. The molecule has 0 bridgehead atoms. The second-order valence-corrected chi connectivity index (χ2v) is 6.35. The monoisotopic (exact) mass is 335 g/mol. The van der Waals surface area contributed by atoms with Gasteiger partial charge >= 0.3 is 0 Å². The maximum atomic E-state index is 9.77. The number of hydrogen-bond acceptors (Lipinski definition) is 3. The molecule has 0 aliphatic heterocycles. The molecule has 0 aliphatic carbocycles. The van der Waals surface area contributed by atoms with Crippen molar-refractivity contribution >= 4 is 33.2 Å². The SMILES string of the molecule is CC(C)(C)OCC(O)CNc1ccc(Br)c(Cl)c1. The Labute approximate surface area is 122 Å². The number of rotatable bonds is 5. The van der Waals surface area contributed by atoms with Gasteiger partial charge in [0.1, 0.15) is 0 Å². The summed E-state index contributed by atoms with van der Waals surface area (Å²) in [4.78, 5) is 0. The second-order valence-electron chi connectivity index (χ2n) is 5.09. The second kappa shape index (κ2) is 6.75. The lowest BCUT2D eigenvalue weighted by Crippen LogP contribution is -2.30. The summed E-state index contributed by atoms with van der Waals surface area (Å²) >= 11 is 9.30. The molecule has 0 amide bonds. The molecule has 5 heteroatoms. The molecule has 18 heavy (non-hydrogen) atoms. The molecule has 0 heterocycles. The van der Waals surface area contributed by atoms with Crippen LogP contribution in [-0.2, 0) is 4.74 Å². The van der Waals surface area contributed by atoms with Crippen LogP contribution in [0.3, 0.4) is 0 Å². The van der Waals surface area contributed by atoms with Gasteiger partial charge in [0.25, 0.3) is 0 Å². The molecule has 1 aromatic carbocycles. The lowest BCUT2D eigenvalue weighted by atomic mass is 10.2. The van der Waals surface area contributed by atoms with Gasteiger partial charge in [-0.25, -0.2) is 0 Å². The average molecular weight is 337 g/mol. The summed E-state index contributed by atoms with van der Waals surface area (Å²) in [6.45, 7) is 6.61. The lowest BCUT2D eigenvalue weighted by Gasteiger charge is -2.22. The molecule has 0 radical (unpaired) electrons. The quantitative estimate of drug-likeness (QED) is 0.861. The summed E-state index contributed by atoms with van der Waals surface area (Å²) in [6, 6.07) is 5.57. The topological polar surface area (TPSA) is 41.5 Å². The first-order valence-corrected chi connectivity index (χ1v) is 6.96. The molecular weight excluding hydrogens is 318 g/mol. The van der Waals surface area contributed by atoms with Gasteiger partial charge in [-0.15, -0.1) is 0 Å². The van der Waals surface area contributed by atoms with Crippen LogP contribution in [0.1, 0.15) is 20.8 Å². The van der Waals surface area contributed by atoms with Crippen LogP contribution in [0.5, 0.6) is 0 Å². The third-order valence-corrected chi connectivity index (χ3v) is 3.40. The number of aliphatic hydroxyl groups excluding tert-OH is 1. The van der Waals surface area contributed by atoms with E-state index >= 15 is 0 Å². The number of halogens is 2. The minimum atomic E-state index is -0.549. The number of nitrogens with one attached hydrogen (secondary N) is 1. The third kappa shape index (κ3) is 6.05. The summed E-state index contributed by atoms with van der Waals surface area (Å²) in [7, 11) is 0. The van der Waals surface area contributed by atoms with Gasteiger partial charge in [-0.1, -0.05) is 11.6 Å². The van der Waals surface area contributed by atoms with E-state index in [-0.39, 0.29) is 5.60 Å². The van der Waals surface area contributed by atoms with Crippen LogP contribution in [0.4, 0.5) is 5.69 Å². The lowest BCUT2D eigenvalue weighted by molar-refractivity contribution is -0.0449. The average Bonchev–Trinajstić information content (AvgIpc) is 2.27. The Balaban J connectivity index is 2.38. The fourth-order valence-corrected chi connectivity index (χ4v) is 1.67. The van der Waals surface area contributed by atoms with Crippen LogP contribution in [0, 0.1) is 0 Å². The van der Waals surface area contributed by atoms with Gasteiger partial charge in [0.05, 0.1) is 23.3 Å². The first kappa shape index (κ1) is 15.8. The molecule has 1 rings (SSSR count). The fourth-order valence-electron chi connectivity index (χ4n) is 1.25. The summed E-state index contributed by atoms with van der Waals surface area (Å²) in [5, 5.41) is 13.5. The molecular formula is C13H19BrClNO2. The first-order chi connectivity index (χ1) is 8.28. The first-order valence-electron chi connectivity index (χ1n) is 5.79. The van der Waals surface area contributed by atoms with Crippen molar-refractivity contribution in [2.75, 3.05) is 18.5 Å². The highest BCUT2D eigenvalue weighted by atomic mass is 79.9. The zero-order valence-electron chi connectivity index (χ0n) is 10.8. The van der Waals surface area contributed by atoms with Gasteiger partial charge in [0.2, 0.25) is 0 Å². The van der Waals surface area contributed by atoms with Crippen LogP contribution in [0.25, 0.3) is 0 Å². The van der Waals surface area contributed by atoms with Crippen LogP contribution in [-0.4, -0.2) is 30.0 Å². The number of anilines is 1. The highest BCUT2D eigenvalue weighted by Gasteiger charge is 2.13. The summed E-state index contributed by atoms with van der Waals surface area (Å²) in [6.07, 6.45) is -0.549. The van der Waals surface area contributed by atoms with Crippen molar-refractivity contribution in [3.8, 4) is 0 Å². The zero-order valence-corrected chi connectivity index (χ0v) is 13.2. The number of ether oxygens (including phenoxy) is 1. The van der Waals surface area contributed by atoms with E-state index in [1.807, 2.05) is 39.0 Å². The Morgan fingerprint density at radius 3 is 2.67 bits per heavy atom. The minimum absolute atomic E-state index is 0.234. The highest BCUT2D eigenvalue weighted by Crippen LogP contribution is 2.25. The van der Waals surface area contributed by atoms with E-state index in [2.05, 4.69) is 21.2 Å². The van der Waals surface area contributed by atoms with E-state index in [1.165, 1.54) is 0 Å². The van der Waals surface area contributed by atoms with Crippen molar-refractivity contribution in [3.05, 3.63) is 27.7 Å². The number of aliphatic hydroxyl groups is 1. The van der Waals surface area contributed by atoms with Gasteiger partial charge in [-0.05, 0) is 54.9 Å². The summed E-state index contributed by atoms with van der Waals surface area (Å²) < 4.78 is 6.35. The molecule has 0 aliphatic rings. The minimum Gasteiger partial charge on any atom is -0.389 e. The van der Waals surface area contributed by atoms with Crippen molar-refractivity contribution in [3.63, 3.8) is 0 Å². The molecule has 0 spiro atoms. The predicted molar refractivity (Wildman–Crippen MR) is 79.4 cm³/mol. The number of benzene rings is 1. The van der Waals surface area contributed by atoms with Gasteiger partial charge in [0, 0.05) is 16.7 Å². The summed E-state index contributed by atoms with van der Waals surface area (Å²) in [5.41, 5.74) is 0.639. The Bertz CT molecular complexity index is 393. The Hall–Kier alpha value is -0.290. The standard InChI is InChI=1S/C13H19BrClNO2/c1-13(2,3)18-8-10(17)7-16-9-4-5-11(14)12(15)6-9/h4-6,10,16-17H,7-8H2,1-3H3. The van der Waals surface area contributed by atoms with E-state index in [0.717, 1.165) is 10.2 Å². The zero-order chi connectivity index (χ0) is 13.8. The van der Waals surface area contributed by atoms with Crippen molar-refractivity contribution < 1.29 is 9.84 Å². The van der Waals surface area contributed by atoms with Crippen molar-refractivity contribution in [1.29, 1.82) is 0 Å². The van der Waals surface area contributed by atoms with Crippen LogP contribution < -0.4 is 5.32 Å². The molecule has 102 valence electrons. The van der Waals surface area contributed by atoms with Gasteiger partial charge < -0.3 is 15.2 Å². The third-order valence-electron chi connectivity index (χ3n) is 2.17. The van der Waals surface area contributed by atoms with E-state index in [0.29, 0.717) is 18.2 Å². The smallest absolute Gasteiger partial charge is 0.0945 e. The predicted octanol–water partition coefficient (Wildman–Crippen LogP) is 3.69. The Morgan fingerprint density at radius 1 is 1.44 bits per heavy atom. The molecule has 0 fully saturated rings. The highest BCUT2D eigenvalue weighted by molar-refractivity contribution is 9.10. The normalized spacial score (nSPS) is 13.4. The van der Waals surface area contributed by atoms with Crippen molar-refractivity contribution in [2.45, 2.75) is 32.5 Å². The fraction of sp³-hybridized carbons (Fsp3) is 0.538. The Kier molecular flexibility index (Phi) is 5.92. The van der Waals surface area contributed by atoms with Crippen LogP contribution in [0.2, 0.25) is 5.02 Å². The van der Waals surface area contributed by atoms with Crippen molar-refractivity contribution in [2.24, 2.45) is 0 Å². The van der Waals surface area contributed by atoms with E-state index in [1.54, 1.807) is 0 Å². The summed E-state index contributed by atoms with van der Waals surface area (Å²) in [5.74, 6) is 0. The van der Waals surface area contributed by atoms with Gasteiger partial charge in [0.15, 0.2) is 0 Å². The van der Waals surface area contributed by atoms with Crippen molar-refractivity contribution in [1.82, 2.24) is 0 Å². The van der Waals surface area contributed by atoms with Crippen LogP contribution >= 0.6 is 27.5 Å². The number of hydrogen-bond donors (Lipinski definition) is 2. The molecule has 3 nitrogen and oxygen atoms in total.